The van der Waals surface area contributed by atoms with E-state index in [4.69, 9.17) is 14.1 Å². The van der Waals surface area contributed by atoms with E-state index in [1.807, 2.05) is 12.1 Å². The standard InChI is InChI=1S/C21H35N3O2.HI/c1-17-6-3-4-8-19(17)24-20(22-13-9-18-7-5-14-26-18)23-16-21(10-11-21)12-15-25-2;/h5,7,14,17,19H,3-4,6,8-13,15-16H2,1-2H3,(H2,22,23,24);1H. The first kappa shape index (κ1) is 22.5. The zero-order valence-corrected chi connectivity index (χ0v) is 19.2. The molecule has 154 valence electrons. The highest BCUT2D eigenvalue weighted by Gasteiger charge is 2.41. The molecule has 6 heteroatoms. The van der Waals surface area contributed by atoms with Gasteiger partial charge in [0.25, 0.3) is 0 Å². The van der Waals surface area contributed by atoms with Crippen molar-refractivity contribution in [2.75, 3.05) is 26.8 Å². The minimum absolute atomic E-state index is 0. The van der Waals surface area contributed by atoms with Crippen molar-refractivity contribution in [3.63, 3.8) is 0 Å². The third-order valence-corrected chi connectivity index (χ3v) is 6.04. The Bertz CT molecular complexity index is 558. The maximum Gasteiger partial charge on any atom is 0.191 e. The van der Waals surface area contributed by atoms with Crippen LogP contribution in [-0.4, -0.2) is 38.8 Å². The van der Waals surface area contributed by atoms with Crippen molar-refractivity contribution in [2.45, 2.75) is 64.3 Å². The molecule has 1 aromatic rings. The van der Waals surface area contributed by atoms with Crippen molar-refractivity contribution in [3.05, 3.63) is 24.2 Å². The van der Waals surface area contributed by atoms with Crippen molar-refractivity contribution >= 4 is 29.9 Å². The molecule has 2 fully saturated rings. The molecule has 0 radical (unpaired) electrons. The van der Waals surface area contributed by atoms with E-state index >= 15 is 0 Å². The Morgan fingerprint density at radius 1 is 1.33 bits per heavy atom. The molecular weight excluding hydrogens is 453 g/mol. The SMILES string of the molecule is COCCC1(CN=C(NCCc2ccco2)NC2CCCCC2C)CC1.I. The fraction of sp³-hybridized carbons (Fsp3) is 0.762. The van der Waals surface area contributed by atoms with Crippen LogP contribution < -0.4 is 10.6 Å². The van der Waals surface area contributed by atoms with E-state index in [0.717, 1.165) is 44.3 Å². The second-order valence-electron chi connectivity index (χ2n) is 8.18. The van der Waals surface area contributed by atoms with E-state index in [1.165, 1.54) is 38.5 Å². The van der Waals surface area contributed by atoms with Crippen molar-refractivity contribution in [2.24, 2.45) is 16.3 Å². The maximum absolute atomic E-state index is 5.44. The fourth-order valence-corrected chi connectivity index (χ4v) is 3.85. The van der Waals surface area contributed by atoms with Gasteiger partial charge in [-0.25, -0.2) is 0 Å². The first-order valence-corrected chi connectivity index (χ1v) is 10.3. The van der Waals surface area contributed by atoms with Crippen LogP contribution in [0.5, 0.6) is 0 Å². The van der Waals surface area contributed by atoms with Crippen LogP contribution >= 0.6 is 24.0 Å². The van der Waals surface area contributed by atoms with Crippen molar-refractivity contribution in [3.8, 4) is 0 Å². The van der Waals surface area contributed by atoms with Crippen molar-refractivity contribution < 1.29 is 9.15 Å². The highest BCUT2D eigenvalue weighted by atomic mass is 127. The number of hydrogen-bond acceptors (Lipinski definition) is 3. The van der Waals surface area contributed by atoms with Crippen molar-refractivity contribution in [1.29, 1.82) is 0 Å². The van der Waals surface area contributed by atoms with Gasteiger partial charge in [0.2, 0.25) is 0 Å². The summed E-state index contributed by atoms with van der Waals surface area (Å²) in [5, 5.41) is 7.25. The maximum atomic E-state index is 5.44. The number of hydrogen-bond donors (Lipinski definition) is 2. The molecule has 0 aliphatic heterocycles. The molecule has 2 aliphatic rings. The Hall–Kier alpha value is -0.760. The zero-order chi connectivity index (χ0) is 18.2. The van der Waals surface area contributed by atoms with E-state index in [1.54, 1.807) is 13.4 Å². The van der Waals surface area contributed by atoms with Crippen LogP contribution in [-0.2, 0) is 11.2 Å². The summed E-state index contributed by atoms with van der Waals surface area (Å²) in [5.74, 6) is 2.70. The van der Waals surface area contributed by atoms with Gasteiger partial charge >= 0.3 is 0 Å². The summed E-state index contributed by atoms with van der Waals surface area (Å²) in [5.41, 5.74) is 0.379. The Balaban J connectivity index is 0.00000261. The van der Waals surface area contributed by atoms with Gasteiger partial charge in [-0.2, -0.15) is 0 Å². The fourth-order valence-electron chi connectivity index (χ4n) is 3.85. The third kappa shape index (κ3) is 7.29. The summed E-state index contributed by atoms with van der Waals surface area (Å²) in [6.07, 6.45) is 11.5. The molecule has 2 saturated carbocycles. The Kier molecular flexibility index (Phi) is 9.42. The van der Waals surface area contributed by atoms with Crippen molar-refractivity contribution in [1.82, 2.24) is 10.6 Å². The van der Waals surface area contributed by atoms with Crippen LogP contribution in [0.2, 0.25) is 0 Å². The van der Waals surface area contributed by atoms with Crippen LogP contribution in [0.25, 0.3) is 0 Å². The molecule has 0 saturated heterocycles. The minimum atomic E-state index is 0. The molecule has 0 spiro atoms. The lowest BCUT2D eigenvalue weighted by Gasteiger charge is -2.31. The van der Waals surface area contributed by atoms with Gasteiger partial charge in [-0.3, -0.25) is 4.99 Å². The van der Waals surface area contributed by atoms with E-state index in [9.17, 15) is 0 Å². The van der Waals surface area contributed by atoms with Gasteiger partial charge in [0.1, 0.15) is 5.76 Å². The van der Waals surface area contributed by atoms with E-state index in [-0.39, 0.29) is 24.0 Å². The highest BCUT2D eigenvalue weighted by Crippen LogP contribution is 2.48. The van der Waals surface area contributed by atoms with Crippen LogP contribution in [0.3, 0.4) is 0 Å². The lowest BCUT2D eigenvalue weighted by Crippen LogP contribution is -2.47. The number of methoxy groups -OCH3 is 1. The number of halogens is 1. The molecule has 27 heavy (non-hydrogen) atoms. The Morgan fingerprint density at radius 2 is 2.15 bits per heavy atom. The second kappa shape index (κ2) is 11.3. The van der Waals surface area contributed by atoms with Crippen LogP contribution in [0.4, 0.5) is 0 Å². The minimum Gasteiger partial charge on any atom is -0.469 e. The van der Waals surface area contributed by atoms with Gasteiger partial charge in [0.05, 0.1) is 6.26 Å². The number of furan rings is 1. The molecule has 5 nitrogen and oxygen atoms in total. The Morgan fingerprint density at radius 3 is 2.81 bits per heavy atom. The summed E-state index contributed by atoms with van der Waals surface area (Å²) >= 11 is 0. The van der Waals surface area contributed by atoms with Gasteiger partial charge in [0.15, 0.2) is 5.96 Å². The topological polar surface area (TPSA) is 58.8 Å². The summed E-state index contributed by atoms with van der Waals surface area (Å²) in [6.45, 7) is 4.93. The number of rotatable bonds is 9. The third-order valence-electron chi connectivity index (χ3n) is 6.04. The summed E-state index contributed by atoms with van der Waals surface area (Å²) < 4.78 is 10.7. The molecule has 2 atom stereocenters. The van der Waals surface area contributed by atoms with E-state index < -0.39 is 0 Å². The highest BCUT2D eigenvalue weighted by molar-refractivity contribution is 14.0. The number of nitrogens with one attached hydrogen (secondary N) is 2. The number of nitrogens with zero attached hydrogens (tertiary/aromatic N) is 1. The molecule has 0 amide bonds. The summed E-state index contributed by atoms with van der Waals surface area (Å²) in [6, 6.07) is 4.51. The molecular formula is C21H36IN3O2. The molecule has 3 rings (SSSR count). The number of ether oxygens (including phenoxy) is 1. The van der Waals surface area contributed by atoms with Crippen LogP contribution in [0.15, 0.2) is 27.8 Å². The lowest BCUT2D eigenvalue weighted by molar-refractivity contribution is 0.174. The van der Waals surface area contributed by atoms with E-state index in [2.05, 4.69) is 17.6 Å². The molecule has 1 heterocycles. The first-order chi connectivity index (χ1) is 12.7. The monoisotopic (exact) mass is 489 g/mol. The normalized spacial score (nSPS) is 24.1. The van der Waals surface area contributed by atoms with Crippen LogP contribution in [0, 0.1) is 11.3 Å². The predicted molar refractivity (Wildman–Crippen MR) is 121 cm³/mol. The van der Waals surface area contributed by atoms with E-state index in [0.29, 0.717) is 17.4 Å². The molecule has 0 aromatic carbocycles. The predicted octanol–water partition coefficient (Wildman–Crippen LogP) is 4.37. The molecule has 2 aliphatic carbocycles. The molecule has 2 N–H and O–H groups in total. The second-order valence-corrected chi connectivity index (χ2v) is 8.18. The number of aliphatic imine (C=N–C) groups is 1. The average Bonchev–Trinajstić information content (AvgIpc) is 3.23. The quantitative estimate of drug-likeness (QED) is 0.307. The van der Waals surface area contributed by atoms with Gasteiger partial charge in [-0.1, -0.05) is 19.8 Å². The molecule has 0 bridgehead atoms. The summed E-state index contributed by atoms with van der Waals surface area (Å²) in [4.78, 5) is 4.97. The van der Waals surface area contributed by atoms with Gasteiger partial charge in [0, 0.05) is 39.3 Å². The largest absolute Gasteiger partial charge is 0.469 e. The van der Waals surface area contributed by atoms with Gasteiger partial charge in [-0.15, -0.1) is 24.0 Å². The smallest absolute Gasteiger partial charge is 0.191 e. The number of guanidine groups is 1. The molecule has 1 aromatic heterocycles. The first-order valence-electron chi connectivity index (χ1n) is 10.3. The zero-order valence-electron chi connectivity index (χ0n) is 16.8. The summed E-state index contributed by atoms with van der Waals surface area (Å²) in [7, 11) is 1.78. The average molecular weight is 489 g/mol. The van der Waals surface area contributed by atoms with Gasteiger partial charge < -0.3 is 19.8 Å². The lowest BCUT2D eigenvalue weighted by atomic mass is 9.86. The van der Waals surface area contributed by atoms with Crippen LogP contribution in [0.1, 0.15) is 57.6 Å². The Labute approximate surface area is 181 Å². The molecule has 2 unspecified atom stereocenters. The van der Waals surface area contributed by atoms with Gasteiger partial charge in [-0.05, 0) is 55.6 Å².